The fourth-order valence-corrected chi connectivity index (χ4v) is 1.56. The molecule has 2 N–H and O–H groups in total. The van der Waals surface area contributed by atoms with Gasteiger partial charge in [0.05, 0.1) is 6.61 Å². The van der Waals surface area contributed by atoms with Gasteiger partial charge < -0.3 is 14.9 Å². The van der Waals surface area contributed by atoms with Gasteiger partial charge in [0.1, 0.15) is 0 Å². The van der Waals surface area contributed by atoms with Crippen molar-refractivity contribution in [3.05, 3.63) is 11.6 Å². The quantitative estimate of drug-likeness (QED) is 0.392. The molecule has 0 saturated heterocycles. The zero-order valence-corrected chi connectivity index (χ0v) is 8.32. The number of carbonyl (C=O) groups is 1. The first kappa shape index (κ1) is 11.2. The van der Waals surface area contributed by atoms with Crippen molar-refractivity contribution in [2.45, 2.75) is 38.4 Å². The number of hydrogen-bond acceptors (Lipinski definition) is 4. The number of esters is 1. The van der Waals surface area contributed by atoms with E-state index in [1.54, 1.807) is 6.92 Å². The van der Waals surface area contributed by atoms with Gasteiger partial charge in [-0.1, -0.05) is 0 Å². The third-order valence-corrected chi connectivity index (χ3v) is 2.31. The summed E-state index contributed by atoms with van der Waals surface area (Å²) in [7, 11) is 0. The summed E-state index contributed by atoms with van der Waals surface area (Å²) in [4.78, 5) is 11.1. The maximum Gasteiger partial charge on any atom is 0.330 e. The van der Waals surface area contributed by atoms with Crippen LogP contribution in [-0.2, 0) is 9.53 Å². The van der Waals surface area contributed by atoms with Crippen LogP contribution in [0.4, 0.5) is 0 Å². The van der Waals surface area contributed by atoms with Crippen LogP contribution in [0.25, 0.3) is 0 Å². The summed E-state index contributed by atoms with van der Waals surface area (Å²) in [5.74, 6) is -2.32. The van der Waals surface area contributed by atoms with Crippen LogP contribution in [0.15, 0.2) is 11.6 Å². The predicted octanol–water partition coefficient (Wildman–Crippen LogP) is 0.731. The van der Waals surface area contributed by atoms with Crippen molar-refractivity contribution in [3.8, 4) is 0 Å². The van der Waals surface area contributed by atoms with Crippen LogP contribution in [0.1, 0.15) is 32.6 Å². The highest BCUT2D eigenvalue weighted by molar-refractivity contribution is 5.83. The largest absolute Gasteiger partial charge is 0.463 e. The fraction of sp³-hybridized carbons (Fsp3) is 0.700. The van der Waals surface area contributed by atoms with E-state index in [1.165, 1.54) is 6.08 Å². The highest BCUT2D eigenvalue weighted by Gasteiger charge is 2.31. The molecule has 0 spiro atoms. The van der Waals surface area contributed by atoms with E-state index in [9.17, 15) is 15.0 Å². The predicted molar refractivity (Wildman–Crippen MR) is 50.4 cm³/mol. The summed E-state index contributed by atoms with van der Waals surface area (Å²) < 4.78 is 4.70. The Kier molecular flexibility index (Phi) is 3.66. The molecule has 0 unspecified atom stereocenters. The summed E-state index contributed by atoms with van der Waals surface area (Å²) in [5, 5.41) is 19.1. The summed E-state index contributed by atoms with van der Waals surface area (Å²) in [5.41, 5.74) is 0.363. The minimum atomic E-state index is -1.81. The molecule has 0 atom stereocenters. The summed E-state index contributed by atoms with van der Waals surface area (Å²) in [6.07, 6.45) is 3.69. The van der Waals surface area contributed by atoms with Gasteiger partial charge in [0, 0.05) is 12.5 Å². The molecule has 0 aliphatic heterocycles. The van der Waals surface area contributed by atoms with E-state index in [-0.39, 0.29) is 6.42 Å². The number of rotatable bonds is 2. The highest BCUT2D eigenvalue weighted by Crippen LogP contribution is 2.30. The van der Waals surface area contributed by atoms with E-state index >= 15 is 0 Å². The normalized spacial score (nSPS) is 23.5. The van der Waals surface area contributed by atoms with Crippen LogP contribution >= 0.6 is 0 Å². The monoisotopic (exact) mass is 200 g/mol. The number of aliphatic hydroxyl groups is 2. The first-order valence-electron chi connectivity index (χ1n) is 4.89. The standard InChI is InChI=1S/C10H16O4/c1-2-14-9(11)7-8-5-3-4-6-10(8,12)13/h7,12-13H,2-6H2,1H3/b8-7+. The average Bonchev–Trinajstić information content (AvgIpc) is 2.09. The lowest BCUT2D eigenvalue weighted by molar-refractivity contribution is -0.147. The molecule has 1 aliphatic rings. The molecule has 1 saturated carbocycles. The van der Waals surface area contributed by atoms with E-state index in [0.717, 1.165) is 12.8 Å². The SMILES string of the molecule is CCOC(=O)/C=C1\CCCCC1(O)O. The molecule has 0 aromatic carbocycles. The van der Waals surface area contributed by atoms with Crippen molar-refractivity contribution in [1.82, 2.24) is 0 Å². The van der Waals surface area contributed by atoms with E-state index in [2.05, 4.69) is 0 Å². The topological polar surface area (TPSA) is 66.8 Å². The summed E-state index contributed by atoms with van der Waals surface area (Å²) in [6.45, 7) is 2.01. The highest BCUT2D eigenvalue weighted by atomic mass is 16.5. The van der Waals surface area contributed by atoms with Gasteiger partial charge in [-0.2, -0.15) is 0 Å². The molecule has 1 fully saturated rings. The molecular weight excluding hydrogens is 184 g/mol. The van der Waals surface area contributed by atoms with Crippen LogP contribution < -0.4 is 0 Å². The molecular formula is C10H16O4. The molecule has 0 heterocycles. The lowest BCUT2D eigenvalue weighted by Crippen LogP contribution is -2.34. The molecule has 1 rings (SSSR count). The molecule has 14 heavy (non-hydrogen) atoms. The van der Waals surface area contributed by atoms with Crippen LogP contribution in [0.2, 0.25) is 0 Å². The Bertz CT molecular complexity index is 243. The Hall–Kier alpha value is -0.870. The van der Waals surface area contributed by atoms with Crippen molar-refractivity contribution in [3.63, 3.8) is 0 Å². The van der Waals surface area contributed by atoms with Gasteiger partial charge in [0.15, 0.2) is 5.79 Å². The molecule has 4 nitrogen and oxygen atoms in total. The number of carbonyl (C=O) groups excluding carboxylic acids is 1. The van der Waals surface area contributed by atoms with E-state index in [4.69, 9.17) is 4.74 Å². The zero-order valence-electron chi connectivity index (χ0n) is 8.32. The van der Waals surface area contributed by atoms with Crippen LogP contribution in [0.5, 0.6) is 0 Å². The Labute approximate surface area is 83.2 Å². The Balaban J connectivity index is 2.68. The molecule has 0 amide bonds. The van der Waals surface area contributed by atoms with Crippen molar-refractivity contribution in [2.24, 2.45) is 0 Å². The second-order valence-electron chi connectivity index (χ2n) is 3.45. The number of hydrogen-bond donors (Lipinski definition) is 2. The minimum Gasteiger partial charge on any atom is -0.463 e. The van der Waals surface area contributed by atoms with Gasteiger partial charge in [-0.05, 0) is 31.8 Å². The summed E-state index contributed by atoms with van der Waals surface area (Å²) >= 11 is 0. The van der Waals surface area contributed by atoms with Gasteiger partial charge in [0.25, 0.3) is 0 Å². The van der Waals surface area contributed by atoms with Gasteiger partial charge >= 0.3 is 5.97 Å². The third-order valence-electron chi connectivity index (χ3n) is 2.31. The van der Waals surface area contributed by atoms with Crippen LogP contribution in [-0.4, -0.2) is 28.6 Å². The molecule has 0 radical (unpaired) electrons. The lowest BCUT2D eigenvalue weighted by Gasteiger charge is -2.29. The molecule has 4 heteroatoms. The Morgan fingerprint density at radius 1 is 1.57 bits per heavy atom. The first-order chi connectivity index (χ1) is 6.56. The smallest absolute Gasteiger partial charge is 0.330 e. The molecule has 1 aliphatic carbocycles. The molecule has 0 aromatic heterocycles. The van der Waals surface area contributed by atoms with Crippen LogP contribution in [0, 0.1) is 0 Å². The van der Waals surface area contributed by atoms with Crippen molar-refractivity contribution >= 4 is 5.97 Å². The molecule has 0 bridgehead atoms. The second-order valence-corrected chi connectivity index (χ2v) is 3.45. The fourth-order valence-electron chi connectivity index (χ4n) is 1.56. The number of ether oxygens (including phenoxy) is 1. The Morgan fingerprint density at radius 3 is 2.86 bits per heavy atom. The lowest BCUT2D eigenvalue weighted by atomic mass is 9.89. The van der Waals surface area contributed by atoms with Crippen molar-refractivity contribution in [2.75, 3.05) is 6.61 Å². The summed E-state index contributed by atoms with van der Waals surface area (Å²) in [6, 6.07) is 0. The maximum absolute atomic E-state index is 11.1. The van der Waals surface area contributed by atoms with E-state index in [1.807, 2.05) is 0 Å². The second kappa shape index (κ2) is 4.57. The third kappa shape index (κ3) is 2.82. The van der Waals surface area contributed by atoms with Crippen molar-refractivity contribution < 1.29 is 19.7 Å². The minimum absolute atomic E-state index is 0.290. The average molecular weight is 200 g/mol. The molecule has 80 valence electrons. The first-order valence-corrected chi connectivity index (χ1v) is 4.89. The Morgan fingerprint density at radius 2 is 2.29 bits per heavy atom. The van der Waals surface area contributed by atoms with E-state index in [0.29, 0.717) is 18.6 Å². The molecule has 0 aromatic rings. The zero-order chi connectivity index (χ0) is 10.6. The van der Waals surface area contributed by atoms with Gasteiger partial charge in [-0.15, -0.1) is 0 Å². The van der Waals surface area contributed by atoms with Gasteiger partial charge in [-0.25, -0.2) is 4.79 Å². The van der Waals surface area contributed by atoms with Crippen LogP contribution in [0.3, 0.4) is 0 Å². The van der Waals surface area contributed by atoms with Crippen molar-refractivity contribution in [1.29, 1.82) is 0 Å². The van der Waals surface area contributed by atoms with Gasteiger partial charge in [0.2, 0.25) is 0 Å². The maximum atomic E-state index is 11.1. The van der Waals surface area contributed by atoms with Gasteiger partial charge in [-0.3, -0.25) is 0 Å². The van der Waals surface area contributed by atoms with E-state index < -0.39 is 11.8 Å².